The quantitative estimate of drug-likeness (QED) is 0.343. The minimum Gasteiger partial charge on any atom is -0.409 e. The first-order chi connectivity index (χ1) is 8.87. The van der Waals surface area contributed by atoms with Gasteiger partial charge in [-0.05, 0) is 6.42 Å². The summed E-state index contributed by atoms with van der Waals surface area (Å²) in [7, 11) is 0. The van der Waals surface area contributed by atoms with Crippen LogP contribution in [-0.4, -0.2) is 65.8 Å². The number of amidine groups is 1. The molecule has 19 heavy (non-hydrogen) atoms. The molecule has 0 bridgehead atoms. The summed E-state index contributed by atoms with van der Waals surface area (Å²) in [6.07, 6.45) is -2.56. The van der Waals surface area contributed by atoms with Crippen molar-refractivity contribution < 1.29 is 18.4 Å². The maximum Gasteiger partial charge on any atom is 0.401 e. The highest BCUT2D eigenvalue weighted by Crippen LogP contribution is 2.18. The van der Waals surface area contributed by atoms with Crippen molar-refractivity contribution in [1.29, 1.82) is 0 Å². The predicted molar refractivity (Wildman–Crippen MR) is 66.2 cm³/mol. The van der Waals surface area contributed by atoms with Crippen LogP contribution in [0.3, 0.4) is 0 Å². The molecular weight excluding hydrogens is 261 g/mol. The van der Waals surface area contributed by atoms with Crippen molar-refractivity contribution in [2.24, 2.45) is 10.9 Å². The highest BCUT2D eigenvalue weighted by Gasteiger charge is 2.33. The van der Waals surface area contributed by atoms with E-state index in [0.717, 1.165) is 12.8 Å². The van der Waals surface area contributed by atoms with E-state index in [1.54, 1.807) is 0 Å². The summed E-state index contributed by atoms with van der Waals surface area (Å²) in [5.41, 5.74) is 5.64. The van der Waals surface area contributed by atoms with E-state index in [-0.39, 0.29) is 11.9 Å². The van der Waals surface area contributed by atoms with Gasteiger partial charge in [0.2, 0.25) is 0 Å². The van der Waals surface area contributed by atoms with Crippen molar-refractivity contribution in [3.8, 4) is 0 Å². The maximum atomic E-state index is 12.3. The van der Waals surface area contributed by atoms with Gasteiger partial charge in [-0.3, -0.25) is 9.80 Å². The van der Waals surface area contributed by atoms with Crippen LogP contribution < -0.4 is 5.73 Å². The van der Waals surface area contributed by atoms with E-state index < -0.39 is 12.7 Å². The molecule has 0 aliphatic carbocycles. The minimum absolute atomic E-state index is 0.131. The first-order valence-electron chi connectivity index (χ1n) is 6.38. The summed E-state index contributed by atoms with van der Waals surface area (Å²) >= 11 is 0. The lowest BCUT2D eigenvalue weighted by molar-refractivity contribution is -0.149. The molecule has 5 nitrogen and oxygen atoms in total. The molecule has 1 unspecified atom stereocenters. The SMILES string of the molecule is CCCC(C(N)=NO)N1CCN(CC(F)(F)F)CC1. The van der Waals surface area contributed by atoms with E-state index in [4.69, 9.17) is 10.9 Å². The molecule has 0 saturated carbocycles. The molecule has 0 aromatic carbocycles. The van der Waals surface area contributed by atoms with Gasteiger partial charge >= 0.3 is 6.18 Å². The molecule has 112 valence electrons. The average molecular weight is 282 g/mol. The number of alkyl halides is 3. The molecule has 1 aliphatic rings. The van der Waals surface area contributed by atoms with Gasteiger partial charge in [-0.15, -0.1) is 0 Å². The smallest absolute Gasteiger partial charge is 0.401 e. The number of oxime groups is 1. The standard InChI is InChI=1S/C11H21F3N4O/c1-2-3-9(10(15)16-19)18-6-4-17(5-7-18)8-11(12,13)14/h9,19H,2-8H2,1H3,(H2,15,16). The number of hydrogen-bond acceptors (Lipinski definition) is 4. The van der Waals surface area contributed by atoms with Crippen LogP contribution in [0.2, 0.25) is 0 Å². The van der Waals surface area contributed by atoms with Crippen LogP contribution >= 0.6 is 0 Å². The molecule has 0 aromatic heterocycles. The van der Waals surface area contributed by atoms with Gasteiger partial charge in [-0.2, -0.15) is 13.2 Å². The Morgan fingerprint density at radius 2 is 1.89 bits per heavy atom. The third-order valence-corrected chi connectivity index (χ3v) is 3.27. The molecular formula is C11H21F3N4O. The molecule has 1 heterocycles. The number of hydrogen-bond donors (Lipinski definition) is 2. The largest absolute Gasteiger partial charge is 0.409 e. The van der Waals surface area contributed by atoms with E-state index >= 15 is 0 Å². The second-order valence-corrected chi connectivity index (χ2v) is 4.76. The number of nitrogens with two attached hydrogens (primary N) is 1. The molecule has 0 amide bonds. The molecule has 1 atom stereocenters. The lowest BCUT2D eigenvalue weighted by Crippen LogP contribution is -2.55. The number of piperazine rings is 1. The van der Waals surface area contributed by atoms with E-state index in [0.29, 0.717) is 26.2 Å². The third kappa shape index (κ3) is 5.23. The van der Waals surface area contributed by atoms with E-state index in [2.05, 4.69) is 5.16 Å². The molecule has 1 saturated heterocycles. The Bertz CT molecular complexity index is 301. The fourth-order valence-corrected chi connectivity index (χ4v) is 2.34. The number of halogens is 3. The van der Waals surface area contributed by atoms with E-state index in [1.807, 2.05) is 11.8 Å². The Hall–Kier alpha value is -1.02. The summed E-state index contributed by atoms with van der Waals surface area (Å²) in [5.74, 6) is 0.131. The fourth-order valence-electron chi connectivity index (χ4n) is 2.34. The molecule has 1 fully saturated rings. The van der Waals surface area contributed by atoms with Crippen LogP contribution in [0.1, 0.15) is 19.8 Å². The first-order valence-corrected chi connectivity index (χ1v) is 6.38. The van der Waals surface area contributed by atoms with Crippen molar-refractivity contribution in [3.63, 3.8) is 0 Å². The second kappa shape index (κ2) is 6.95. The fraction of sp³-hybridized carbons (Fsp3) is 0.909. The molecule has 0 aromatic rings. The Morgan fingerprint density at radius 3 is 2.32 bits per heavy atom. The molecule has 1 aliphatic heterocycles. The second-order valence-electron chi connectivity index (χ2n) is 4.76. The van der Waals surface area contributed by atoms with Gasteiger partial charge in [-0.25, -0.2) is 0 Å². The Labute approximate surface area is 110 Å². The Balaban J connectivity index is 2.51. The van der Waals surface area contributed by atoms with Crippen LogP contribution in [0.4, 0.5) is 13.2 Å². The highest BCUT2D eigenvalue weighted by molar-refractivity contribution is 5.85. The lowest BCUT2D eigenvalue weighted by atomic mass is 10.1. The van der Waals surface area contributed by atoms with Gasteiger partial charge in [0.05, 0.1) is 12.6 Å². The zero-order valence-corrected chi connectivity index (χ0v) is 11.0. The molecule has 1 rings (SSSR count). The summed E-state index contributed by atoms with van der Waals surface area (Å²) in [5, 5.41) is 11.8. The molecule has 8 heteroatoms. The zero-order valence-electron chi connectivity index (χ0n) is 11.0. The van der Waals surface area contributed by atoms with Gasteiger partial charge in [0.15, 0.2) is 5.84 Å². The van der Waals surface area contributed by atoms with Crippen molar-refractivity contribution in [2.75, 3.05) is 32.7 Å². The van der Waals surface area contributed by atoms with Crippen molar-refractivity contribution in [2.45, 2.75) is 32.0 Å². The van der Waals surface area contributed by atoms with Crippen molar-refractivity contribution in [1.82, 2.24) is 9.80 Å². The van der Waals surface area contributed by atoms with Crippen molar-refractivity contribution in [3.05, 3.63) is 0 Å². The summed E-state index contributed by atoms with van der Waals surface area (Å²) in [4.78, 5) is 3.36. The number of nitrogens with zero attached hydrogens (tertiary/aromatic N) is 3. The van der Waals surface area contributed by atoms with Gasteiger partial charge in [-0.1, -0.05) is 18.5 Å². The van der Waals surface area contributed by atoms with E-state index in [1.165, 1.54) is 4.90 Å². The third-order valence-electron chi connectivity index (χ3n) is 3.27. The predicted octanol–water partition coefficient (Wildman–Crippen LogP) is 1.08. The lowest BCUT2D eigenvalue weighted by Gasteiger charge is -2.38. The molecule has 3 N–H and O–H groups in total. The topological polar surface area (TPSA) is 65.1 Å². The average Bonchev–Trinajstić information content (AvgIpc) is 2.34. The van der Waals surface area contributed by atoms with Gasteiger partial charge < -0.3 is 10.9 Å². The van der Waals surface area contributed by atoms with Crippen LogP contribution in [0.15, 0.2) is 5.16 Å². The van der Waals surface area contributed by atoms with Crippen LogP contribution in [-0.2, 0) is 0 Å². The maximum absolute atomic E-state index is 12.3. The first kappa shape index (κ1) is 16.0. The Kier molecular flexibility index (Phi) is 5.86. The monoisotopic (exact) mass is 282 g/mol. The minimum atomic E-state index is -4.16. The highest BCUT2D eigenvalue weighted by atomic mass is 19.4. The zero-order chi connectivity index (χ0) is 14.5. The van der Waals surface area contributed by atoms with Crippen LogP contribution in [0, 0.1) is 0 Å². The van der Waals surface area contributed by atoms with Crippen LogP contribution in [0.5, 0.6) is 0 Å². The number of rotatable bonds is 5. The van der Waals surface area contributed by atoms with Crippen molar-refractivity contribution >= 4 is 5.84 Å². The van der Waals surface area contributed by atoms with Crippen LogP contribution in [0.25, 0.3) is 0 Å². The summed E-state index contributed by atoms with van der Waals surface area (Å²) < 4.78 is 36.8. The van der Waals surface area contributed by atoms with Gasteiger partial charge in [0, 0.05) is 26.2 Å². The molecule has 0 radical (unpaired) electrons. The van der Waals surface area contributed by atoms with Gasteiger partial charge in [0.1, 0.15) is 0 Å². The van der Waals surface area contributed by atoms with E-state index in [9.17, 15) is 13.2 Å². The summed E-state index contributed by atoms with van der Waals surface area (Å²) in [6, 6.07) is -0.192. The van der Waals surface area contributed by atoms with Gasteiger partial charge in [0.25, 0.3) is 0 Å². The summed E-state index contributed by atoms with van der Waals surface area (Å²) in [6.45, 7) is 2.80. The Morgan fingerprint density at radius 1 is 1.32 bits per heavy atom. The molecule has 0 spiro atoms. The normalized spacial score (nSPS) is 21.6.